The van der Waals surface area contributed by atoms with Gasteiger partial charge in [-0.1, -0.05) is 6.07 Å². The summed E-state index contributed by atoms with van der Waals surface area (Å²) in [6.45, 7) is 4.07. The maximum Gasteiger partial charge on any atom is 0.123 e. The maximum absolute atomic E-state index is 13.1. The van der Waals surface area contributed by atoms with E-state index in [9.17, 15) is 9.50 Å². The first-order valence-corrected chi connectivity index (χ1v) is 5.73. The lowest BCUT2D eigenvalue weighted by Crippen LogP contribution is -1.98. The number of rotatable bonds is 3. The molecule has 2 aromatic rings. The molecular weight excluding hydrogens is 231 g/mol. The summed E-state index contributed by atoms with van der Waals surface area (Å²) in [6.07, 6.45) is 0. The number of aromatic hydroxyl groups is 1. The molecule has 2 nitrogen and oxygen atoms in total. The van der Waals surface area contributed by atoms with Gasteiger partial charge in [0.2, 0.25) is 0 Å². The highest BCUT2D eigenvalue weighted by atomic mass is 19.1. The van der Waals surface area contributed by atoms with Crippen LogP contribution in [0.15, 0.2) is 36.4 Å². The second-order valence-electron chi connectivity index (χ2n) is 4.36. The van der Waals surface area contributed by atoms with Crippen molar-refractivity contribution in [2.24, 2.45) is 0 Å². The fourth-order valence-corrected chi connectivity index (χ4v) is 1.77. The number of benzene rings is 2. The van der Waals surface area contributed by atoms with Crippen LogP contribution in [0.25, 0.3) is 0 Å². The molecule has 0 aromatic heterocycles. The lowest BCUT2D eigenvalue weighted by molar-refractivity contribution is 0.302. The number of ether oxygens (including phenoxy) is 1. The Morgan fingerprint density at radius 1 is 1.11 bits per heavy atom. The molecule has 2 aromatic carbocycles. The van der Waals surface area contributed by atoms with Gasteiger partial charge in [0.1, 0.15) is 23.9 Å². The average Bonchev–Trinajstić information content (AvgIpc) is 2.29. The topological polar surface area (TPSA) is 29.5 Å². The lowest BCUT2D eigenvalue weighted by Gasteiger charge is -2.10. The standard InChI is InChI=1S/C15H15FO2/c1-10-5-14(17)8-15(6-10)18-9-12-7-13(16)4-3-11(12)2/h3-8,17H,9H2,1-2H3. The van der Waals surface area contributed by atoms with Crippen molar-refractivity contribution < 1.29 is 14.2 Å². The zero-order valence-electron chi connectivity index (χ0n) is 10.4. The van der Waals surface area contributed by atoms with Crippen molar-refractivity contribution >= 4 is 0 Å². The van der Waals surface area contributed by atoms with Crippen molar-refractivity contribution in [1.29, 1.82) is 0 Å². The molecule has 0 amide bonds. The van der Waals surface area contributed by atoms with Gasteiger partial charge in [-0.15, -0.1) is 0 Å². The van der Waals surface area contributed by atoms with Crippen LogP contribution in [0.5, 0.6) is 11.5 Å². The Hall–Kier alpha value is -2.03. The molecule has 0 saturated heterocycles. The lowest BCUT2D eigenvalue weighted by atomic mass is 10.1. The third-order valence-electron chi connectivity index (χ3n) is 2.74. The zero-order valence-corrected chi connectivity index (χ0v) is 10.4. The molecule has 3 heteroatoms. The number of phenols is 1. The van der Waals surface area contributed by atoms with E-state index in [1.165, 1.54) is 12.1 Å². The Kier molecular flexibility index (Phi) is 3.51. The van der Waals surface area contributed by atoms with Gasteiger partial charge >= 0.3 is 0 Å². The van der Waals surface area contributed by atoms with Gasteiger partial charge in [-0.05, 0) is 54.8 Å². The van der Waals surface area contributed by atoms with Gasteiger partial charge in [0, 0.05) is 6.07 Å². The third-order valence-corrected chi connectivity index (χ3v) is 2.74. The summed E-state index contributed by atoms with van der Waals surface area (Å²) in [5.41, 5.74) is 2.70. The van der Waals surface area contributed by atoms with Crippen molar-refractivity contribution in [2.75, 3.05) is 0 Å². The molecule has 0 bridgehead atoms. The van der Waals surface area contributed by atoms with Crippen molar-refractivity contribution in [2.45, 2.75) is 20.5 Å². The van der Waals surface area contributed by atoms with Gasteiger partial charge in [0.25, 0.3) is 0 Å². The zero-order chi connectivity index (χ0) is 13.1. The predicted octanol–water partition coefficient (Wildman–Crippen LogP) is 3.73. The van der Waals surface area contributed by atoms with Gasteiger partial charge < -0.3 is 9.84 Å². The van der Waals surface area contributed by atoms with Gasteiger partial charge in [0.15, 0.2) is 0 Å². The molecule has 94 valence electrons. The molecule has 0 radical (unpaired) electrons. The predicted molar refractivity (Wildman–Crippen MR) is 68.3 cm³/mol. The minimum Gasteiger partial charge on any atom is -0.508 e. The number of aryl methyl sites for hydroxylation is 2. The minimum atomic E-state index is -0.272. The molecule has 0 fully saturated rings. The molecule has 0 aliphatic rings. The first kappa shape index (κ1) is 12.4. The molecule has 18 heavy (non-hydrogen) atoms. The number of halogens is 1. The first-order chi connectivity index (χ1) is 8.54. The van der Waals surface area contributed by atoms with E-state index in [2.05, 4.69) is 0 Å². The van der Waals surface area contributed by atoms with Crippen molar-refractivity contribution in [3.63, 3.8) is 0 Å². The summed E-state index contributed by atoms with van der Waals surface area (Å²) in [5, 5.41) is 9.45. The van der Waals surface area contributed by atoms with Crippen LogP contribution in [-0.4, -0.2) is 5.11 Å². The number of phenolic OH excluding ortho intramolecular Hbond substituents is 1. The Bertz CT molecular complexity index is 544. The van der Waals surface area contributed by atoms with E-state index in [1.54, 1.807) is 18.2 Å². The SMILES string of the molecule is Cc1cc(O)cc(OCc2cc(F)ccc2C)c1. The van der Waals surface area contributed by atoms with E-state index >= 15 is 0 Å². The minimum absolute atomic E-state index is 0.168. The smallest absolute Gasteiger partial charge is 0.123 e. The fourth-order valence-electron chi connectivity index (χ4n) is 1.77. The van der Waals surface area contributed by atoms with E-state index in [4.69, 9.17) is 4.74 Å². The normalized spacial score (nSPS) is 10.4. The van der Waals surface area contributed by atoms with Crippen LogP contribution in [0.2, 0.25) is 0 Å². The summed E-state index contributed by atoms with van der Waals surface area (Å²) < 4.78 is 18.7. The van der Waals surface area contributed by atoms with E-state index in [0.29, 0.717) is 5.75 Å². The second-order valence-corrected chi connectivity index (χ2v) is 4.36. The summed E-state index contributed by atoms with van der Waals surface area (Å²) in [7, 11) is 0. The van der Waals surface area contributed by atoms with Gasteiger partial charge in [0.05, 0.1) is 0 Å². The van der Waals surface area contributed by atoms with E-state index < -0.39 is 0 Å². The Balaban J connectivity index is 2.13. The summed E-state index contributed by atoms with van der Waals surface area (Å²) in [4.78, 5) is 0. The number of hydrogen-bond acceptors (Lipinski definition) is 2. The van der Waals surface area contributed by atoms with Crippen LogP contribution in [-0.2, 0) is 6.61 Å². The summed E-state index contributed by atoms with van der Waals surface area (Å²) >= 11 is 0. The highest BCUT2D eigenvalue weighted by Gasteiger charge is 2.03. The average molecular weight is 246 g/mol. The Morgan fingerprint density at radius 2 is 1.89 bits per heavy atom. The van der Waals surface area contributed by atoms with Crippen LogP contribution in [0.1, 0.15) is 16.7 Å². The van der Waals surface area contributed by atoms with Gasteiger partial charge in [-0.25, -0.2) is 4.39 Å². The molecule has 0 unspecified atom stereocenters. The van der Waals surface area contributed by atoms with E-state index in [0.717, 1.165) is 16.7 Å². The molecule has 0 atom stereocenters. The molecule has 2 rings (SSSR count). The fraction of sp³-hybridized carbons (Fsp3) is 0.200. The largest absolute Gasteiger partial charge is 0.508 e. The number of hydrogen-bond donors (Lipinski definition) is 1. The van der Waals surface area contributed by atoms with Crippen molar-refractivity contribution in [3.8, 4) is 11.5 Å². The van der Waals surface area contributed by atoms with Crippen molar-refractivity contribution in [3.05, 3.63) is 58.9 Å². The molecular formula is C15H15FO2. The van der Waals surface area contributed by atoms with Crippen LogP contribution >= 0.6 is 0 Å². The van der Waals surface area contributed by atoms with Crippen LogP contribution < -0.4 is 4.74 Å². The van der Waals surface area contributed by atoms with Crippen LogP contribution in [0, 0.1) is 19.7 Å². The highest BCUT2D eigenvalue weighted by molar-refractivity contribution is 5.37. The van der Waals surface area contributed by atoms with E-state index in [1.807, 2.05) is 19.9 Å². The second kappa shape index (κ2) is 5.08. The van der Waals surface area contributed by atoms with Gasteiger partial charge in [-0.3, -0.25) is 0 Å². The summed E-state index contributed by atoms with van der Waals surface area (Å²) in [5.74, 6) is 0.475. The monoisotopic (exact) mass is 246 g/mol. The van der Waals surface area contributed by atoms with Crippen LogP contribution in [0.3, 0.4) is 0 Å². The Morgan fingerprint density at radius 3 is 2.61 bits per heavy atom. The first-order valence-electron chi connectivity index (χ1n) is 5.73. The summed E-state index contributed by atoms with van der Waals surface area (Å²) in [6, 6.07) is 9.64. The molecule has 0 heterocycles. The molecule has 1 N–H and O–H groups in total. The quantitative estimate of drug-likeness (QED) is 0.894. The maximum atomic E-state index is 13.1. The highest BCUT2D eigenvalue weighted by Crippen LogP contribution is 2.22. The molecule has 0 aliphatic carbocycles. The molecule has 0 saturated carbocycles. The molecule has 0 spiro atoms. The Labute approximate surface area is 106 Å². The van der Waals surface area contributed by atoms with Crippen molar-refractivity contribution in [1.82, 2.24) is 0 Å². The van der Waals surface area contributed by atoms with Crippen LogP contribution in [0.4, 0.5) is 4.39 Å². The molecule has 0 aliphatic heterocycles. The third kappa shape index (κ3) is 3.00. The van der Waals surface area contributed by atoms with Gasteiger partial charge in [-0.2, -0.15) is 0 Å². The van der Waals surface area contributed by atoms with E-state index in [-0.39, 0.29) is 18.2 Å².